The molecule has 0 aliphatic heterocycles. The number of hydrogen-bond donors (Lipinski definition) is 1. The van der Waals surface area contributed by atoms with E-state index < -0.39 is 5.63 Å². The standard InChI is InChI=1S/C21H26N2O4/c1-13-7-15(11-21(3,4)10-13)22-23-19(24)12-26-16-5-6-17-14(2)8-20(25)27-18(17)9-16/h5-6,8-9,13H,7,10-12H2,1-4H3,(H,23,24)/b22-15-/t13-/m0/s1. The lowest BCUT2D eigenvalue weighted by atomic mass is 9.72. The Labute approximate surface area is 158 Å². The lowest BCUT2D eigenvalue weighted by Gasteiger charge is -2.34. The molecule has 1 heterocycles. The summed E-state index contributed by atoms with van der Waals surface area (Å²) in [5, 5.41) is 5.13. The number of aryl methyl sites for hydroxylation is 1. The summed E-state index contributed by atoms with van der Waals surface area (Å²) in [5.41, 5.74) is 4.70. The van der Waals surface area contributed by atoms with Gasteiger partial charge in [-0.05, 0) is 55.2 Å². The molecular formula is C21H26N2O4. The van der Waals surface area contributed by atoms with Gasteiger partial charge in [-0.3, -0.25) is 4.79 Å². The Bertz CT molecular complexity index is 943. The molecule has 27 heavy (non-hydrogen) atoms. The largest absolute Gasteiger partial charge is 0.484 e. The molecule has 1 N–H and O–H groups in total. The highest BCUT2D eigenvalue weighted by Crippen LogP contribution is 2.36. The summed E-state index contributed by atoms with van der Waals surface area (Å²) in [6, 6.07) is 6.63. The monoisotopic (exact) mass is 370 g/mol. The van der Waals surface area contributed by atoms with Crippen LogP contribution in [0, 0.1) is 18.3 Å². The number of amides is 1. The van der Waals surface area contributed by atoms with Crippen LogP contribution in [0.5, 0.6) is 5.75 Å². The van der Waals surface area contributed by atoms with Crippen molar-refractivity contribution in [2.24, 2.45) is 16.4 Å². The number of carbonyl (C=O) groups excluding carboxylic acids is 1. The third-order valence-electron chi connectivity index (χ3n) is 4.80. The molecule has 1 saturated carbocycles. The molecule has 0 unspecified atom stereocenters. The zero-order valence-electron chi connectivity index (χ0n) is 16.3. The number of benzene rings is 1. The summed E-state index contributed by atoms with van der Waals surface area (Å²) >= 11 is 0. The number of rotatable bonds is 4. The molecule has 1 aliphatic rings. The Morgan fingerprint density at radius 2 is 2.15 bits per heavy atom. The fourth-order valence-corrected chi connectivity index (χ4v) is 3.92. The second kappa shape index (κ2) is 7.55. The molecule has 3 rings (SSSR count). The SMILES string of the molecule is Cc1cc(=O)oc2cc(OCC(=O)N/N=C3/C[C@H](C)CC(C)(C)C3)ccc12. The predicted octanol–water partition coefficient (Wildman–Crippen LogP) is 3.80. The zero-order valence-corrected chi connectivity index (χ0v) is 16.3. The van der Waals surface area contributed by atoms with Crippen LogP contribution in [0.1, 0.15) is 45.6 Å². The second-order valence-corrected chi connectivity index (χ2v) is 8.26. The number of fused-ring (bicyclic) bond motifs is 1. The predicted molar refractivity (Wildman–Crippen MR) is 105 cm³/mol. The Hall–Kier alpha value is -2.63. The number of nitrogens with zero attached hydrogens (tertiary/aromatic N) is 1. The fraction of sp³-hybridized carbons (Fsp3) is 0.476. The van der Waals surface area contributed by atoms with Crippen molar-refractivity contribution >= 4 is 22.6 Å². The molecule has 1 aliphatic carbocycles. The summed E-state index contributed by atoms with van der Waals surface area (Å²) in [4.78, 5) is 23.6. The molecule has 0 radical (unpaired) electrons. The van der Waals surface area contributed by atoms with Gasteiger partial charge in [0.05, 0.1) is 0 Å². The van der Waals surface area contributed by atoms with Crippen molar-refractivity contribution in [2.45, 2.75) is 47.0 Å². The Balaban J connectivity index is 1.60. The maximum absolute atomic E-state index is 12.1. The van der Waals surface area contributed by atoms with E-state index in [0.717, 1.165) is 29.5 Å². The van der Waals surface area contributed by atoms with E-state index in [1.54, 1.807) is 12.1 Å². The molecule has 6 heteroatoms. The van der Waals surface area contributed by atoms with E-state index in [2.05, 4.69) is 31.3 Å². The minimum Gasteiger partial charge on any atom is -0.484 e. The number of carbonyl (C=O) groups is 1. The van der Waals surface area contributed by atoms with Gasteiger partial charge in [-0.25, -0.2) is 10.2 Å². The quantitative estimate of drug-likeness (QED) is 0.656. The number of ether oxygens (including phenoxy) is 1. The van der Waals surface area contributed by atoms with Gasteiger partial charge < -0.3 is 9.15 Å². The van der Waals surface area contributed by atoms with Gasteiger partial charge in [0.2, 0.25) is 0 Å². The van der Waals surface area contributed by atoms with Crippen LogP contribution in [0.4, 0.5) is 0 Å². The first-order chi connectivity index (χ1) is 12.7. The first kappa shape index (κ1) is 19.1. The number of hydrogen-bond acceptors (Lipinski definition) is 5. The summed E-state index contributed by atoms with van der Waals surface area (Å²) in [7, 11) is 0. The van der Waals surface area contributed by atoms with E-state index in [9.17, 15) is 9.59 Å². The van der Waals surface area contributed by atoms with Crippen molar-refractivity contribution < 1.29 is 13.9 Å². The Morgan fingerprint density at radius 1 is 1.37 bits per heavy atom. The second-order valence-electron chi connectivity index (χ2n) is 8.26. The molecule has 0 bridgehead atoms. The summed E-state index contributed by atoms with van der Waals surface area (Å²) in [6.07, 6.45) is 2.97. The zero-order chi connectivity index (χ0) is 19.6. The number of hydrazone groups is 1. The van der Waals surface area contributed by atoms with E-state index in [0.29, 0.717) is 17.3 Å². The average Bonchev–Trinajstić information content (AvgIpc) is 2.56. The molecule has 1 fully saturated rings. The van der Waals surface area contributed by atoms with Gasteiger partial charge >= 0.3 is 5.63 Å². The number of nitrogens with one attached hydrogen (secondary N) is 1. The van der Waals surface area contributed by atoms with Gasteiger partial charge in [0.1, 0.15) is 11.3 Å². The molecule has 1 atom stereocenters. The first-order valence-corrected chi connectivity index (χ1v) is 9.23. The van der Waals surface area contributed by atoms with Gasteiger partial charge in [-0.1, -0.05) is 20.8 Å². The van der Waals surface area contributed by atoms with Crippen LogP contribution in [0.3, 0.4) is 0 Å². The molecule has 0 saturated heterocycles. The Kier molecular flexibility index (Phi) is 5.35. The lowest BCUT2D eigenvalue weighted by molar-refractivity contribution is -0.123. The van der Waals surface area contributed by atoms with E-state index in [4.69, 9.17) is 9.15 Å². The molecule has 6 nitrogen and oxygen atoms in total. The molecule has 2 aromatic rings. The van der Waals surface area contributed by atoms with Crippen molar-refractivity contribution in [3.63, 3.8) is 0 Å². The third kappa shape index (κ3) is 4.96. The van der Waals surface area contributed by atoms with E-state index in [1.165, 1.54) is 12.5 Å². The van der Waals surface area contributed by atoms with Gasteiger partial charge in [0.15, 0.2) is 6.61 Å². The summed E-state index contributed by atoms with van der Waals surface area (Å²) in [6.45, 7) is 8.35. The van der Waals surface area contributed by atoms with Crippen molar-refractivity contribution in [2.75, 3.05) is 6.61 Å². The van der Waals surface area contributed by atoms with E-state index >= 15 is 0 Å². The molecule has 144 valence electrons. The van der Waals surface area contributed by atoms with Gasteiger partial charge in [0, 0.05) is 23.2 Å². The molecule has 1 amide bonds. The van der Waals surface area contributed by atoms with Gasteiger partial charge in [0.25, 0.3) is 5.91 Å². The van der Waals surface area contributed by atoms with Crippen LogP contribution < -0.4 is 15.8 Å². The maximum atomic E-state index is 12.1. The maximum Gasteiger partial charge on any atom is 0.336 e. The topological polar surface area (TPSA) is 80.9 Å². The highest BCUT2D eigenvalue weighted by Gasteiger charge is 2.29. The minimum absolute atomic E-state index is 0.155. The molecule has 1 aromatic heterocycles. The highest BCUT2D eigenvalue weighted by molar-refractivity contribution is 5.88. The van der Waals surface area contributed by atoms with Crippen LogP contribution in [0.25, 0.3) is 11.0 Å². The van der Waals surface area contributed by atoms with Crippen molar-refractivity contribution in [3.8, 4) is 5.75 Å². The fourth-order valence-electron chi connectivity index (χ4n) is 3.92. The van der Waals surface area contributed by atoms with Crippen molar-refractivity contribution in [3.05, 3.63) is 40.2 Å². The summed E-state index contributed by atoms with van der Waals surface area (Å²) < 4.78 is 10.7. The van der Waals surface area contributed by atoms with Crippen molar-refractivity contribution in [1.29, 1.82) is 0 Å². The summed E-state index contributed by atoms with van der Waals surface area (Å²) in [5.74, 6) is 0.715. The van der Waals surface area contributed by atoms with Gasteiger partial charge in [-0.2, -0.15) is 5.10 Å². The molecule has 0 spiro atoms. The van der Waals surface area contributed by atoms with Crippen LogP contribution in [0.2, 0.25) is 0 Å². The van der Waals surface area contributed by atoms with Crippen LogP contribution in [-0.4, -0.2) is 18.2 Å². The van der Waals surface area contributed by atoms with Crippen LogP contribution in [0.15, 0.2) is 38.6 Å². The highest BCUT2D eigenvalue weighted by atomic mass is 16.5. The first-order valence-electron chi connectivity index (χ1n) is 9.23. The van der Waals surface area contributed by atoms with E-state index in [-0.39, 0.29) is 17.9 Å². The van der Waals surface area contributed by atoms with Crippen molar-refractivity contribution in [1.82, 2.24) is 5.43 Å². The average molecular weight is 370 g/mol. The third-order valence-corrected chi connectivity index (χ3v) is 4.80. The Morgan fingerprint density at radius 3 is 2.89 bits per heavy atom. The minimum atomic E-state index is -0.407. The van der Waals surface area contributed by atoms with E-state index in [1.807, 2.05) is 13.0 Å². The molecular weight excluding hydrogens is 344 g/mol. The normalized spacial score (nSPS) is 20.6. The van der Waals surface area contributed by atoms with Crippen LogP contribution >= 0.6 is 0 Å². The van der Waals surface area contributed by atoms with Crippen LogP contribution in [-0.2, 0) is 4.79 Å². The van der Waals surface area contributed by atoms with Gasteiger partial charge in [-0.15, -0.1) is 0 Å². The molecule has 1 aromatic carbocycles. The smallest absolute Gasteiger partial charge is 0.336 e. The lowest BCUT2D eigenvalue weighted by Crippen LogP contribution is -2.31.